The normalized spacial score (nSPS) is 24.9. The Balaban J connectivity index is 2.07. The highest BCUT2D eigenvalue weighted by molar-refractivity contribution is 7.09. The standard InChI is InChI=1S/C10H16N2OS/c1-7(13)9-6-14-10(12-9)8-4-2-3-5-11-8/h6-8,11,13H,2-5H2,1H3. The molecular formula is C10H16N2OS. The van der Waals surface area contributed by atoms with Gasteiger partial charge < -0.3 is 10.4 Å². The van der Waals surface area contributed by atoms with Crippen molar-refractivity contribution in [3.63, 3.8) is 0 Å². The molecule has 2 heterocycles. The summed E-state index contributed by atoms with van der Waals surface area (Å²) in [7, 11) is 0. The molecule has 78 valence electrons. The van der Waals surface area contributed by atoms with Crippen LogP contribution in [0, 0.1) is 0 Å². The number of aliphatic hydroxyl groups excluding tert-OH is 1. The first-order valence-electron chi connectivity index (χ1n) is 5.14. The van der Waals surface area contributed by atoms with E-state index in [9.17, 15) is 5.11 Å². The molecule has 2 rings (SSSR count). The highest BCUT2D eigenvalue weighted by Gasteiger charge is 2.18. The first-order chi connectivity index (χ1) is 6.77. The van der Waals surface area contributed by atoms with Crippen molar-refractivity contribution in [2.45, 2.75) is 38.3 Å². The van der Waals surface area contributed by atoms with Crippen molar-refractivity contribution >= 4 is 11.3 Å². The third-order valence-electron chi connectivity index (χ3n) is 2.58. The van der Waals surface area contributed by atoms with E-state index in [2.05, 4.69) is 10.3 Å². The minimum atomic E-state index is -0.441. The Hall–Kier alpha value is -0.450. The van der Waals surface area contributed by atoms with E-state index in [1.165, 1.54) is 19.3 Å². The van der Waals surface area contributed by atoms with E-state index in [1.54, 1.807) is 18.3 Å². The summed E-state index contributed by atoms with van der Waals surface area (Å²) in [4.78, 5) is 4.44. The monoisotopic (exact) mass is 212 g/mol. The number of thiazole rings is 1. The topological polar surface area (TPSA) is 45.1 Å². The summed E-state index contributed by atoms with van der Waals surface area (Å²) in [5, 5.41) is 15.9. The van der Waals surface area contributed by atoms with Crippen molar-refractivity contribution in [2.75, 3.05) is 6.54 Å². The first kappa shape index (κ1) is 10.1. The Labute approximate surface area is 88.2 Å². The molecular weight excluding hydrogens is 196 g/mol. The largest absolute Gasteiger partial charge is 0.387 e. The first-order valence-corrected chi connectivity index (χ1v) is 6.02. The van der Waals surface area contributed by atoms with Crippen LogP contribution in [-0.2, 0) is 0 Å². The van der Waals surface area contributed by atoms with Gasteiger partial charge >= 0.3 is 0 Å². The number of nitrogens with one attached hydrogen (secondary N) is 1. The lowest BCUT2D eigenvalue weighted by Crippen LogP contribution is -2.26. The average molecular weight is 212 g/mol. The summed E-state index contributed by atoms with van der Waals surface area (Å²) < 4.78 is 0. The molecule has 0 bridgehead atoms. The number of hydrogen-bond acceptors (Lipinski definition) is 4. The summed E-state index contributed by atoms with van der Waals surface area (Å²) in [5.74, 6) is 0. The molecule has 2 unspecified atom stereocenters. The predicted octanol–water partition coefficient (Wildman–Crippen LogP) is 2.01. The van der Waals surface area contributed by atoms with Crippen molar-refractivity contribution in [2.24, 2.45) is 0 Å². The SMILES string of the molecule is CC(O)c1csc(C2CCCCN2)n1. The van der Waals surface area contributed by atoms with Gasteiger partial charge in [0.05, 0.1) is 17.8 Å². The smallest absolute Gasteiger partial charge is 0.110 e. The average Bonchev–Trinajstić information content (AvgIpc) is 2.68. The molecule has 2 N–H and O–H groups in total. The molecule has 3 nitrogen and oxygen atoms in total. The summed E-state index contributed by atoms with van der Waals surface area (Å²) >= 11 is 1.65. The number of aromatic nitrogens is 1. The molecule has 0 saturated carbocycles. The lowest BCUT2D eigenvalue weighted by atomic mass is 10.1. The summed E-state index contributed by atoms with van der Waals surface area (Å²) in [5.41, 5.74) is 0.803. The number of nitrogens with zero attached hydrogens (tertiary/aromatic N) is 1. The zero-order valence-electron chi connectivity index (χ0n) is 8.36. The van der Waals surface area contributed by atoms with Gasteiger partial charge in [-0.2, -0.15) is 0 Å². The van der Waals surface area contributed by atoms with Crippen LogP contribution in [0.4, 0.5) is 0 Å². The van der Waals surface area contributed by atoms with Gasteiger partial charge in [-0.05, 0) is 26.3 Å². The van der Waals surface area contributed by atoms with Crippen LogP contribution in [0.1, 0.15) is 49.0 Å². The van der Waals surface area contributed by atoms with Crippen LogP contribution in [0.25, 0.3) is 0 Å². The fourth-order valence-electron chi connectivity index (χ4n) is 1.72. The van der Waals surface area contributed by atoms with Gasteiger partial charge in [0, 0.05) is 5.38 Å². The van der Waals surface area contributed by atoms with Crippen LogP contribution in [0.5, 0.6) is 0 Å². The minimum Gasteiger partial charge on any atom is -0.387 e. The Bertz CT molecular complexity index is 292. The van der Waals surface area contributed by atoms with Crippen LogP contribution in [-0.4, -0.2) is 16.6 Å². The second-order valence-corrected chi connectivity index (χ2v) is 4.68. The molecule has 1 aromatic heterocycles. The van der Waals surface area contributed by atoms with Crippen LogP contribution in [0.3, 0.4) is 0 Å². The molecule has 1 aliphatic rings. The van der Waals surface area contributed by atoms with Crippen LogP contribution in [0.15, 0.2) is 5.38 Å². The third kappa shape index (κ3) is 2.13. The van der Waals surface area contributed by atoms with Crippen molar-refractivity contribution in [3.8, 4) is 0 Å². The Morgan fingerprint density at radius 1 is 1.64 bits per heavy atom. The van der Waals surface area contributed by atoms with Gasteiger partial charge in [-0.15, -0.1) is 11.3 Å². The molecule has 1 aromatic rings. The fraction of sp³-hybridized carbons (Fsp3) is 0.700. The molecule has 0 amide bonds. The van der Waals surface area contributed by atoms with E-state index in [0.717, 1.165) is 17.2 Å². The summed E-state index contributed by atoms with van der Waals surface area (Å²) in [6.45, 7) is 2.85. The Morgan fingerprint density at radius 3 is 3.07 bits per heavy atom. The van der Waals surface area contributed by atoms with Gasteiger partial charge in [-0.3, -0.25) is 0 Å². The van der Waals surface area contributed by atoms with Crippen molar-refractivity contribution in [3.05, 3.63) is 16.1 Å². The van der Waals surface area contributed by atoms with Gasteiger partial charge in [0.2, 0.25) is 0 Å². The second-order valence-electron chi connectivity index (χ2n) is 3.79. The molecule has 14 heavy (non-hydrogen) atoms. The maximum absolute atomic E-state index is 9.36. The zero-order valence-corrected chi connectivity index (χ0v) is 9.18. The molecule has 0 radical (unpaired) electrons. The van der Waals surface area contributed by atoms with E-state index in [0.29, 0.717) is 6.04 Å². The second kappa shape index (κ2) is 4.38. The molecule has 1 saturated heterocycles. The van der Waals surface area contributed by atoms with Crippen LogP contribution >= 0.6 is 11.3 Å². The van der Waals surface area contributed by atoms with E-state index in [1.807, 2.05) is 5.38 Å². The number of hydrogen-bond donors (Lipinski definition) is 2. The van der Waals surface area contributed by atoms with Gasteiger partial charge in [0.1, 0.15) is 5.01 Å². The molecule has 4 heteroatoms. The number of rotatable bonds is 2. The highest BCUT2D eigenvalue weighted by Crippen LogP contribution is 2.27. The van der Waals surface area contributed by atoms with Crippen LogP contribution in [0.2, 0.25) is 0 Å². The summed E-state index contributed by atoms with van der Waals surface area (Å²) in [6.07, 6.45) is 3.28. The molecule has 0 aromatic carbocycles. The molecule has 1 fully saturated rings. The maximum Gasteiger partial charge on any atom is 0.110 e. The van der Waals surface area contributed by atoms with Crippen molar-refractivity contribution in [1.29, 1.82) is 0 Å². The predicted molar refractivity (Wildman–Crippen MR) is 57.3 cm³/mol. The number of piperidine rings is 1. The number of aliphatic hydroxyl groups is 1. The maximum atomic E-state index is 9.36. The minimum absolute atomic E-state index is 0.418. The fourth-order valence-corrected chi connectivity index (χ4v) is 2.73. The van der Waals surface area contributed by atoms with E-state index >= 15 is 0 Å². The Kier molecular flexibility index (Phi) is 3.15. The quantitative estimate of drug-likeness (QED) is 0.788. The zero-order chi connectivity index (χ0) is 9.97. The van der Waals surface area contributed by atoms with Gasteiger partial charge in [-0.25, -0.2) is 4.98 Å². The highest BCUT2D eigenvalue weighted by atomic mass is 32.1. The molecule has 1 aliphatic heterocycles. The van der Waals surface area contributed by atoms with E-state index < -0.39 is 6.10 Å². The van der Waals surface area contributed by atoms with Gasteiger partial charge in [-0.1, -0.05) is 6.42 Å². The molecule has 0 spiro atoms. The van der Waals surface area contributed by atoms with E-state index in [-0.39, 0.29) is 0 Å². The molecule has 2 atom stereocenters. The van der Waals surface area contributed by atoms with Gasteiger partial charge in [0.15, 0.2) is 0 Å². The Morgan fingerprint density at radius 2 is 2.50 bits per heavy atom. The van der Waals surface area contributed by atoms with Crippen molar-refractivity contribution < 1.29 is 5.11 Å². The lowest BCUT2D eigenvalue weighted by molar-refractivity contribution is 0.194. The van der Waals surface area contributed by atoms with Crippen LogP contribution < -0.4 is 5.32 Å². The van der Waals surface area contributed by atoms with E-state index in [4.69, 9.17) is 0 Å². The lowest BCUT2D eigenvalue weighted by Gasteiger charge is -2.21. The summed E-state index contributed by atoms with van der Waals surface area (Å²) in [6, 6.07) is 0.418. The third-order valence-corrected chi connectivity index (χ3v) is 3.55. The van der Waals surface area contributed by atoms with Crippen molar-refractivity contribution in [1.82, 2.24) is 10.3 Å². The molecule has 0 aliphatic carbocycles. The van der Waals surface area contributed by atoms with Gasteiger partial charge in [0.25, 0.3) is 0 Å².